The summed E-state index contributed by atoms with van der Waals surface area (Å²) in [6.45, 7) is 14.7. The molecule has 2 heterocycles. The molecule has 4 rings (SSSR count). The average molecular weight is 427 g/mol. The molecule has 2 aromatic heterocycles. The van der Waals surface area contributed by atoms with E-state index < -0.39 is 0 Å². The van der Waals surface area contributed by atoms with E-state index in [1.54, 1.807) is 0 Å². The summed E-state index contributed by atoms with van der Waals surface area (Å²) in [7, 11) is 0. The molecule has 4 aromatic rings. The van der Waals surface area contributed by atoms with Gasteiger partial charge in [0, 0.05) is 28.4 Å². The number of anilines is 1. The van der Waals surface area contributed by atoms with Gasteiger partial charge in [-0.05, 0) is 61.9 Å². The molecule has 0 spiro atoms. The zero-order valence-corrected chi connectivity index (χ0v) is 19.9. The fraction of sp³-hybridized carbons (Fsp3) is 0.296. The van der Waals surface area contributed by atoms with Crippen molar-refractivity contribution in [3.8, 4) is 11.3 Å². The molecule has 5 heteroatoms. The average Bonchev–Trinajstić information content (AvgIpc) is 2.70. The fourth-order valence-corrected chi connectivity index (χ4v) is 3.93. The van der Waals surface area contributed by atoms with Gasteiger partial charge in [0.2, 0.25) is 5.95 Å². The van der Waals surface area contributed by atoms with Crippen molar-refractivity contribution in [2.24, 2.45) is 5.10 Å². The van der Waals surface area contributed by atoms with E-state index in [1.807, 2.05) is 26.0 Å². The predicted molar refractivity (Wildman–Crippen MR) is 131 cm³/mol. The molecular formula is C27H30N4O. The molecule has 164 valence electrons. The van der Waals surface area contributed by atoms with Crippen molar-refractivity contribution in [1.29, 1.82) is 0 Å². The summed E-state index contributed by atoms with van der Waals surface area (Å²) < 4.78 is 6.35. The van der Waals surface area contributed by atoms with Crippen molar-refractivity contribution in [3.05, 3.63) is 82.0 Å². The van der Waals surface area contributed by atoms with E-state index in [9.17, 15) is 0 Å². The van der Waals surface area contributed by atoms with Gasteiger partial charge < -0.3 is 4.42 Å². The van der Waals surface area contributed by atoms with Crippen LogP contribution in [-0.2, 0) is 5.41 Å². The molecule has 0 atom stereocenters. The highest BCUT2D eigenvalue weighted by atomic mass is 16.3. The van der Waals surface area contributed by atoms with Crippen LogP contribution < -0.4 is 10.8 Å². The van der Waals surface area contributed by atoms with E-state index >= 15 is 0 Å². The Bertz CT molecular complexity index is 1340. The maximum absolute atomic E-state index is 6.35. The van der Waals surface area contributed by atoms with Gasteiger partial charge in [0.25, 0.3) is 0 Å². The molecule has 0 amide bonds. The monoisotopic (exact) mass is 426 g/mol. The minimum absolute atomic E-state index is 0.101. The molecule has 0 aliphatic carbocycles. The molecule has 0 saturated heterocycles. The van der Waals surface area contributed by atoms with E-state index in [1.165, 1.54) is 5.56 Å². The van der Waals surface area contributed by atoms with E-state index in [0.29, 0.717) is 5.95 Å². The second kappa shape index (κ2) is 8.23. The van der Waals surface area contributed by atoms with Gasteiger partial charge >= 0.3 is 0 Å². The number of aromatic nitrogens is 2. The van der Waals surface area contributed by atoms with Gasteiger partial charge in [0.1, 0.15) is 11.3 Å². The molecular weight excluding hydrogens is 396 g/mol. The maximum atomic E-state index is 6.35. The number of nitrogens with zero attached hydrogens (tertiary/aromatic N) is 3. The van der Waals surface area contributed by atoms with Crippen molar-refractivity contribution >= 4 is 16.9 Å². The molecule has 0 aliphatic heterocycles. The van der Waals surface area contributed by atoms with Crippen molar-refractivity contribution in [2.75, 3.05) is 5.43 Å². The summed E-state index contributed by atoms with van der Waals surface area (Å²) in [5.41, 5.74) is 10.3. The lowest BCUT2D eigenvalue weighted by molar-refractivity contribution is 0.589. The van der Waals surface area contributed by atoms with Gasteiger partial charge in [0.05, 0.1) is 5.36 Å². The number of hydrogen-bond acceptors (Lipinski definition) is 5. The number of nitrogens with one attached hydrogen (secondary N) is 1. The molecule has 0 radical (unpaired) electrons. The highest BCUT2D eigenvalue weighted by molar-refractivity contribution is 5.82. The van der Waals surface area contributed by atoms with Crippen LogP contribution in [0.1, 0.15) is 48.8 Å². The SMILES string of the molecule is Cc1cc(C)c2/c(=N/Nc3nc(C)cc(C)n3)cc(-c3ccc(C(C)(C)C)cc3)oc2c1. The molecule has 0 fully saturated rings. The van der Waals surface area contributed by atoms with Crippen LogP contribution >= 0.6 is 0 Å². The lowest BCUT2D eigenvalue weighted by atomic mass is 9.86. The standard InChI is InChI=1S/C27H30N4O/c1-16-12-17(2)25-22(30-31-26-28-18(3)14-19(4)29-26)15-23(32-24(25)13-16)20-8-10-21(11-9-20)27(5,6)7/h8-15H,1-7H3,(H,28,29,31)/b30-22+. The third-order valence-electron chi connectivity index (χ3n) is 5.48. The summed E-state index contributed by atoms with van der Waals surface area (Å²) in [6.07, 6.45) is 0. The highest BCUT2D eigenvalue weighted by Gasteiger charge is 2.14. The highest BCUT2D eigenvalue weighted by Crippen LogP contribution is 2.28. The van der Waals surface area contributed by atoms with E-state index in [-0.39, 0.29) is 5.41 Å². The van der Waals surface area contributed by atoms with Crippen molar-refractivity contribution in [1.82, 2.24) is 9.97 Å². The molecule has 0 bridgehead atoms. The van der Waals surface area contributed by atoms with Crippen LogP contribution in [0.3, 0.4) is 0 Å². The molecule has 2 aromatic carbocycles. The lowest BCUT2D eigenvalue weighted by Crippen LogP contribution is -2.11. The Morgan fingerprint density at radius 1 is 0.844 bits per heavy atom. The zero-order chi connectivity index (χ0) is 23.0. The summed E-state index contributed by atoms with van der Waals surface area (Å²) in [5, 5.41) is 6.45. The number of rotatable bonds is 3. The normalized spacial score (nSPS) is 12.4. The van der Waals surface area contributed by atoms with Crippen LogP contribution in [0.2, 0.25) is 0 Å². The topological polar surface area (TPSA) is 63.3 Å². The van der Waals surface area contributed by atoms with Crippen LogP contribution in [0.4, 0.5) is 5.95 Å². The van der Waals surface area contributed by atoms with Crippen LogP contribution in [0.25, 0.3) is 22.3 Å². The Labute approximate surface area is 189 Å². The number of fused-ring (bicyclic) bond motifs is 1. The van der Waals surface area contributed by atoms with Gasteiger partial charge in [0.15, 0.2) is 0 Å². The van der Waals surface area contributed by atoms with E-state index in [2.05, 4.69) is 91.5 Å². The molecule has 5 nitrogen and oxygen atoms in total. The first-order valence-corrected chi connectivity index (χ1v) is 10.9. The Morgan fingerprint density at radius 2 is 1.50 bits per heavy atom. The summed E-state index contributed by atoms with van der Waals surface area (Å²) >= 11 is 0. The van der Waals surface area contributed by atoms with E-state index in [4.69, 9.17) is 4.42 Å². The predicted octanol–water partition coefficient (Wildman–Crippen LogP) is 6.35. The van der Waals surface area contributed by atoms with Crippen LogP contribution in [-0.4, -0.2) is 9.97 Å². The van der Waals surface area contributed by atoms with Crippen LogP contribution in [0, 0.1) is 27.7 Å². The molecule has 0 saturated carbocycles. The van der Waals surface area contributed by atoms with Gasteiger partial charge in [-0.25, -0.2) is 15.4 Å². The minimum atomic E-state index is 0.101. The smallest absolute Gasteiger partial charge is 0.243 e. The van der Waals surface area contributed by atoms with Crippen LogP contribution in [0.5, 0.6) is 0 Å². The Kier molecular flexibility index (Phi) is 5.59. The van der Waals surface area contributed by atoms with Gasteiger partial charge in [-0.2, -0.15) is 5.10 Å². The minimum Gasteiger partial charge on any atom is -0.456 e. The van der Waals surface area contributed by atoms with Gasteiger partial charge in [-0.3, -0.25) is 0 Å². The van der Waals surface area contributed by atoms with Crippen molar-refractivity contribution < 1.29 is 4.42 Å². The first-order valence-electron chi connectivity index (χ1n) is 10.9. The Morgan fingerprint density at radius 3 is 2.12 bits per heavy atom. The first kappa shape index (κ1) is 21.8. The Hall–Kier alpha value is -3.47. The van der Waals surface area contributed by atoms with Crippen LogP contribution in [0.15, 0.2) is 58.0 Å². The number of benzene rings is 2. The number of aryl methyl sites for hydroxylation is 4. The third-order valence-corrected chi connectivity index (χ3v) is 5.48. The lowest BCUT2D eigenvalue weighted by Gasteiger charge is -2.19. The quantitative estimate of drug-likeness (QED) is 0.388. The van der Waals surface area contributed by atoms with E-state index in [0.717, 1.165) is 50.2 Å². The summed E-state index contributed by atoms with van der Waals surface area (Å²) in [5.74, 6) is 1.25. The second-order valence-electron chi connectivity index (χ2n) is 9.48. The van der Waals surface area contributed by atoms with Gasteiger partial charge in [-0.15, -0.1) is 0 Å². The maximum Gasteiger partial charge on any atom is 0.243 e. The first-order chi connectivity index (χ1) is 15.1. The summed E-state index contributed by atoms with van der Waals surface area (Å²) in [6, 6.07) is 16.7. The Balaban J connectivity index is 1.87. The molecule has 0 unspecified atom stereocenters. The molecule has 0 aliphatic rings. The zero-order valence-electron chi connectivity index (χ0n) is 19.9. The van der Waals surface area contributed by atoms with Gasteiger partial charge in [-0.1, -0.05) is 51.1 Å². The fourth-order valence-electron chi connectivity index (χ4n) is 3.93. The summed E-state index contributed by atoms with van der Waals surface area (Å²) in [4.78, 5) is 8.88. The second-order valence-corrected chi connectivity index (χ2v) is 9.48. The molecule has 1 N–H and O–H groups in total. The largest absolute Gasteiger partial charge is 0.456 e. The third kappa shape index (κ3) is 4.57. The number of hydrogen-bond donors (Lipinski definition) is 1. The van der Waals surface area contributed by atoms with Crippen molar-refractivity contribution in [3.63, 3.8) is 0 Å². The van der Waals surface area contributed by atoms with Crippen molar-refractivity contribution in [2.45, 2.75) is 53.9 Å². The molecule has 32 heavy (non-hydrogen) atoms.